The van der Waals surface area contributed by atoms with Gasteiger partial charge in [0.1, 0.15) is 0 Å². The smallest absolute Gasteiger partial charge is 0.191 e. The van der Waals surface area contributed by atoms with Gasteiger partial charge in [0.2, 0.25) is 0 Å². The summed E-state index contributed by atoms with van der Waals surface area (Å²) in [5.74, 6) is 0.853. The number of guanidine groups is 1. The molecule has 7 nitrogen and oxygen atoms in total. The Hall–Kier alpha value is -0.650. The Balaban J connectivity index is 0.00000320. The van der Waals surface area contributed by atoms with Gasteiger partial charge in [-0.1, -0.05) is 29.8 Å². The zero-order chi connectivity index (χ0) is 20.3. The molecule has 0 aliphatic carbocycles. The average Bonchev–Trinajstić information content (AvgIpc) is 2.76. The minimum Gasteiger partial charge on any atom is -0.379 e. The fraction of sp³-hybridized carbons (Fsp3) is 0.667. The summed E-state index contributed by atoms with van der Waals surface area (Å²) in [5, 5.41) is 7.63. The van der Waals surface area contributed by atoms with Crippen molar-refractivity contribution in [2.75, 3.05) is 78.8 Å². The van der Waals surface area contributed by atoms with Gasteiger partial charge < -0.3 is 20.1 Å². The van der Waals surface area contributed by atoms with Crippen molar-refractivity contribution < 1.29 is 9.47 Å². The van der Waals surface area contributed by atoms with Crippen molar-refractivity contribution in [2.45, 2.75) is 13.0 Å². The van der Waals surface area contributed by atoms with Crippen molar-refractivity contribution in [2.24, 2.45) is 4.99 Å². The number of rotatable bonds is 8. The maximum atomic E-state index is 6.53. The Bertz CT molecular complexity index is 640. The highest BCUT2D eigenvalue weighted by atomic mass is 127. The molecule has 3 rings (SSSR count). The third kappa shape index (κ3) is 8.12. The van der Waals surface area contributed by atoms with Crippen molar-refractivity contribution in [3.63, 3.8) is 0 Å². The highest BCUT2D eigenvalue weighted by Crippen LogP contribution is 2.28. The zero-order valence-electron chi connectivity index (χ0n) is 17.8. The zero-order valence-corrected chi connectivity index (χ0v) is 20.9. The van der Waals surface area contributed by atoms with Crippen LogP contribution in [-0.2, 0) is 9.47 Å². The Kier molecular flexibility index (Phi) is 12.3. The summed E-state index contributed by atoms with van der Waals surface area (Å²) in [6.45, 7) is 12.4. The molecule has 0 spiro atoms. The number of ether oxygens (including phenoxy) is 2. The summed E-state index contributed by atoms with van der Waals surface area (Å²) in [6, 6.07) is 8.23. The first-order valence-corrected chi connectivity index (χ1v) is 11.0. The summed E-state index contributed by atoms with van der Waals surface area (Å²) < 4.78 is 11.0. The van der Waals surface area contributed by atoms with Crippen LogP contribution in [0.3, 0.4) is 0 Å². The van der Waals surface area contributed by atoms with E-state index < -0.39 is 0 Å². The second-order valence-corrected chi connectivity index (χ2v) is 7.69. The van der Waals surface area contributed by atoms with E-state index in [1.54, 1.807) is 0 Å². The van der Waals surface area contributed by atoms with Gasteiger partial charge in [-0.05, 0) is 18.6 Å². The highest BCUT2D eigenvalue weighted by Gasteiger charge is 2.24. The molecule has 1 aromatic carbocycles. The fourth-order valence-corrected chi connectivity index (χ4v) is 3.98. The number of morpholine rings is 2. The normalized spacial score (nSPS) is 19.7. The second kappa shape index (κ2) is 14.4. The topological polar surface area (TPSA) is 61.4 Å². The molecule has 2 saturated heterocycles. The Labute approximate surface area is 202 Å². The molecule has 9 heteroatoms. The van der Waals surface area contributed by atoms with E-state index in [0.29, 0.717) is 6.54 Å². The molecule has 2 aliphatic heterocycles. The average molecular weight is 552 g/mol. The van der Waals surface area contributed by atoms with E-state index in [-0.39, 0.29) is 30.0 Å². The molecule has 2 heterocycles. The standard InChI is InChI=1S/C21H34ClN5O2.HI/c1-2-23-21(24-7-8-26-9-13-28-14-10-26)25-17-20(27-11-15-29-16-12-27)18-5-3-4-6-19(18)22;/h3-6,20H,2,7-17H2,1H3,(H2,23,24,25);1H. The predicted octanol–water partition coefficient (Wildman–Crippen LogP) is 2.22. The second-order valence-electron chi connectivity index (χ2n) is 7.29. The summed E-state index contributed by atoms with van der Waals surface area (Å²) in [5.41, 5.74) is 1.13. The van der Waals surface area contributed by atoms with Gasteiger partial charge in [-0.3, -0.25) is 14.8 Å². The van der Waals surface area contributed by atoms with Gasteiger partial charge in [-0.25, -0.2) is 0 Å². The van der Waals surface area contributed by atoms with Gasteiger partial charge >= 0.3 is 0 Å². The van der Waals surface area contributed by atoms with Crippen LogP contribution in [0.15, 0.2) is 29.3 Å². The first kappa shape index (κ1) is 25.6. The van der Waals surface area contributed by atoms with Crippen LogP contribution in [0.25, 0.3) is 0 Å². The Morgan fingerprint density at radius 1 is 1.07 bits per heavy atom. The maximum Gasteiger partial charge on any atom is 0.191 e. The molecule has 30 heavy (non-hydrogen) atoms. The van der Waals surface area contributed by atoms with Gasteiger partial charge in [0, 0.05) is 50.8 Å². The van der Waals surface area contributed by atoms with Crippen LogP contribution in [-0.4, -0.2) is 94.5 Å². The minimum atomic E-state index is 0. The summed E-state index contributed by atoms with van der Waals surface area (Å²) in [6.07, 6.45) is 0. The van der Waals surface area contributed by atoms with Crippen LogP contribution in [0.1, 0.15) is 18.5 Å². The molecule has 2 aliphatic rings. The van der Waals surface area contributed by atoms with E-state index in [1.165, 1.54) is 0 Å². The molecule has 0 amide bonds. The fourth-order valence-electron chi connectivity index (χ4n) is 3.72. The number of nitrogens with zero attached hydrogens (tertiary/aromatic N) is 3. The molecule has 2 fully saturated rings. The number of aliphatic imine (C=N–C) groups is 1. The van der Waals surface area contributed by atoms with Crippen molar-refractivity contribution in [1.29, 1.82) is 0 Å². The van der Waals surface area contributed by atoms with E-state index in [9.17, 15) is 0 Å². The lowest BCUT2D eigenvalue weighted by atomic mass is 10.0. The first-order valence-electron chi connectivity index (χ1n) is 10.7. The van der Waals surface area contributed by atoms with E-state index in [0.717, 1.165) is 88.8 Å². The number of halogens is 2. The lowest BCUT2D eigenvalue weighted by molar-refractivity contribution is 0.0180. The van der Waals surface area contributed by atoms with Crippen molar-refractivity contribution in [3.8, 4) is 0 Å². The Morgan fingerprint density at radius 2 is 1.73 bits per heavy atom. The largest absolute Gasteiger partial charge is 0.379 e. The lowest BCUT2D eigenvalue weighted by Crippen LogP contribution is -2.45. The summed E-state index contributed by atoms with van der Waals surface area (Å²) in [4.78, 5) is 9.74. The van der Waals surface area contributed by atoms with Gasteiger partial charge in [0.05, 0.1) is 39.0 Å². The molecule has 1 atom stereocenters. The molecule has 2 N–H and O–H groups in total. The maximum absolute atomic E-state index is 6.53. The summed E-state index contributed by atoms with van der Waals surface area (Å²) >= 11 is 6.53. The van der Waals surface area contributed by atoms with Gasteiger partial charge in [-0.15, -0.1) is 24.0 Å². The van der Waals surface area contributed by atoms with Crippen molar-refractivity contribution in [1.82, 2.24) is 20.4 Å². The van der Waals surface area contributed by atoms with E-state index in [1.807, 2.05) is 18.2 Å². The van der Waals surface area contributed by atoms with Crippen LogP contribution in [0.5, 0.6) is 0 Å². The van der Waals surface area contributed by atoms with E-state index in [4.69, 9.17) is 26.1 Å². The van der Waals surface area contributed by atoms with Crippen LogP contribution in [0.4, 0.5) is 0 Å². The molecule has 0 radical (unpaired) electrons. The number of benzene rings is 1. The SMILES string of the molecule is CCNC(=NCC(c1ccccc1Cl)N1CCOCC1)NCCN1CCOCC1.I. The monoisotopic (exact) mass is 551 g/mol. The molecule has 0 aromatic heterocycles. The van der Waals surface area contributed by atoms with Gasteiger partial charge in [0.25, 0.3) is 0 Å². The predicted molar refractivity (Wildman–Crippen MR) is 133 cm³/mol. The first-order chi connectivity index (χ1) is 14.3. The van der Waals surface area contributed by atoms with E-state index >= 15 is 0 Å². The molecule has 0 bridgehead atoms. The summed E-state index contributed by atoms with van der Waals surface area (Å²) in [7, 11) is 0. The number of nitrogens with one attached hydrogen (secondary N) is 2. The van der Waals surface area contributed by atoms with E-state index in [2.05, 4.69) is 33.4 Å². The molecule has 170 valence electrons. The van der Waals surface area contributed by atoms with Crippen molar-refractivity contribution >= 4 is 41.5 Å². The number of hydrogen-bond donors (Lipinski definition) is 2. The Morgan fingerprint density at radius 3 is 2.40 bits per heavy atom. The minimum absolute atomic E-state index is 0. The van der Waals surface area contributed by atoms with Crippen LogP contribution in [0, 0.1) is 0 Å². The number of hydrogen-bond acceptors (Lipinski definition) is 5. The van der Waals surface area contributed by atoms with Gasteiger partial charge in [0.15, 0.2) is 5.96 Å². The van der Waals surface area contributed by atoms with Gasteiger partial charge in [-0.2, -0.15) is 0 Å². The molecule has 1 unspecified atom stereocenters. The quantitative estimate of drug-likeness (QED) is 0.294. The third-order valence-electron chi connectivity index (χ3n) is 5.34. The van der Waals surface area contributed by atoms with Crippen LogP contribution < -0.4 is 10.6 Å². The van der Waals surface area contributed by atoms with Crippen molar-refractivity contribution in [3.05, 3.63) is 34.9 Å². The molecule has 1 aromatic rings. The van der Waals surface area contributed by atoms with Crippen LogP contribution >= 0.6 is 35.6 Å². The molecule has 0 saturated carbocycles. The lowest BCUT2D eigenvalue weighted by Gasteiger charge is -2.34. The molecular formula is C21H35ClIN5O2. The third-order valence-corrected chi connectivity index (χ3v) is 5.69. The highest BCUT2D eigenvalue weighted by molar-refractivity contribution is 14.0. The van der Waals surface area contributed by atoms with Crippen LogP contribution in [0.2, 0.25) is 5.02 Å². The molecular weight excluding hydrogens is 517 g/mol.